The van der Waals surface area contributed by atoms with Gasteiger partial charge in [0.15, 0.2) is 5.79 Å². The molecule has 0 atom stereocenters. The second-order valence-electron chi connectivity index (χ2n) is 5.02. The van der Waals surface area contributed by atoms with Crippen LogP contribution < -0.4 is 0 Å². The quantitative estimate of drug-likeness (QED) is 0.532. The van der Waals surface area contributed by atoms with E-state index in [0.29, 0.717) is 13.2 Å². The number of carbonyl (C=O) groups excluding carboxylic acids is 1. The summed E-state index contributed by atoms with van der Waals surface area (Å²) in [5.41, 5.74) is -0.772. The van der Waals surface area contributed by atoms with Crippen LogP contribution in [-0.4, -0.2) is 32.1 Å². The predicted octanol–water partition coefficient (Wildman–Crippen LogP) is 2.51. The van der Waals surface area contributed by atoms with Gasteiger partial charge in [0.25, 0.3) is 0 Å². The number of rotatable bonds is 6. The molecule has 4 nitrogen and oxygen atoms in total. The minimum Gasteiger partial charge on any atom is -0.468 e. The van der Waals surface area contributed by atoms with Gasteiger partial charge in [0, 0.05) is 6.42 Å². The SMILES string of the molecule is CCCCCC1(C(C)(C)C(=O)OC)OCCO1. The molecule has 1 rings (SSSR count). The van der Waals surface area contributed by atoms with Gasteiger partial charge in [-0.05, 0) is 20.3 Å². The summed E-state index contributed by atoms with van der Waals surface area (Å²) >= 11 is 0. The molecule has 0 aromatic rings. The van der Waals surface area contributed by atoms with Gasteiger partial charge in [-0.3, -0.25) is 4.79 Å². The third-order valence-corrected chi connectivity index (χ3v) is 3.51. The monoisotopic (exact) mass is 244 g/mol. The maximum atomic E-state index is 11.9. The van der Waals surface area contributed by atoms with Crippen molar-refractivity contribution in [1.29, 1.82) is 0 Å². The highest BCUT2D eigenvalue weighted by Gasteiger charge is 2.54. The van der Waals surface area contributed by atoms with Crippen molar-refractivity contribution in [2.75, 3.05) is 20.3 Å². The van der Waals surface area contributed by atoms with E-state index in [4.69, 9.17) is 14.2 Å². The third-order valence-electron chi connectivity index (χ3n) is 3.51. The lowest BCUT2D eigenvalue weighted by atomic mass is 9.80. The Bertz CT molecular complexity index is 254. The van der Waals surface area contributed by atoms with E-state index >= 15 is 0 Å². The normalized spacial score (nSPS) is 19.3. The Morgan fingerprint density at radius 1 is 1.29 bits per heavy atom. The molecule has 0 N–H and O–H groups in total. The van der Waals surface area contributed by atoms with Crippen LogP contribution in [0, 0.1) is 5.41 Å². The average Bonchev–Trinajstić information content (AvgIpc) is 2.78. The molecule has 0 spiro atoms. The van der Waals surface area contributed by atoms with E-state index in [0.717, 1.165) is 25.7 Å². The second-order valence-corrected chi connectivity index (χ2v) is 5.02. The van der Waals surface area contributed by atoms with E-state index < -0.39 is 11.2 Å². The Hall–Kier alpha value is -0.610. The summed E-state index contributed by atoms with van der Waals surface area (Å²) < 4.78 is 16.4. The topological polar surface area (TPSA) is 44.8 Å². The van der Waals surface area contributed by atoms with Crippen LogP contribution in [0.15, 0.2) is 0 Å². The van der Waals surface area contributed by atoms with Gasteiger partial charge in [-0.1, -0.05) is 19.8 Å². The highest BCUT2D eigenvalue weighted by molar-refractivity contribution is 5.77. The number of hydrogen-bond acceptors (Lipinski definition) is 4. The molecule has 1 aliphatic rings. The number of hydrogen-bond donors (Lipinski definition) is 0. The van der Waals surface area contributed by atoms with Crippen LogP contribution in [0.5, 0.6) is 0 Å². The first-order chi connectivity index (χ1) is 8.00. The molecule has 0 bridgehead atoms. The Labute approximate surface area is 104 Å². The summed E-state index contributed by atoms with van der Waals surface area (Å²) in [4.78, 5) is 11.9. The van der Waals surface area contributed by atoms with Crippen LogP contribution in [0.1, 0.15) is 46.5 Å². The van der Waals surface area contributed by atoms with Gasteiger partial charge in [0.1, 0.15) is 5.41 Å². The molecule has 1 aliphatic heterocycles. The molecule has 0 aliphatic carbocycles. The zero-order valence-corrected chi connectivity index (χ0v) is 11.4. The summed E-state index contributed by atoms with van der Waals surface area (Å²) in [6, 6.07) is 0. The minimum absolute atomic E-state index is 0.282. The van der Waals surface area contributed by atoms with Crippen LogP contribution in [0.4, 0.5) is 0 Å². The molecule has 0 aromatic carbocycles. The maximum absolute atomic E-state index is 11.9. The fraction of sp³-hybridized carbons (Fsp3) is 0.923. The third kappa shape index (κ3) is 2.80. The van der Waals surface area contributed by atoms with E-state index in [9.17, 15) is 4.79 Å². The number of ether oxygens (including phenoxy) is 3. The molecule has 0 radical (unpaired) electrons. The summed E-state index contributed by atoms with van der Waals surface area (Å²) in [6.45, 7) is 6.90. The van der Waals surface area contributed by atoms with Crippen molar-refractivity contribution in [2.45, 2.75) is 52.2 Å². The van der Waals surface area contributed by atoms with Crippen LogP contribution >= 0.6 is 0 Å². The second kappa shape index (κ2) is 5.83. The zero-order chi connectivity index (χ0) is 12.9. The lowest BCUT2D eigenvalue weighted by molar-refractivity contribution is -0.238. The first kappa shape index (κ1) is 14.5. The Balaban J connectivity index is 2.79. The lowest BCUT2D eigenvalue weighted by Crippen LogP contribution is -2.51. The highest BCUT2D eigenvalue weighted by Crippen LogP contribution is 2.43. The molecule has 0 unspecified atom stereocenters. The number of esters is 1. The smallest absolute Gasteiger partial charge is 0.316 e. The number of carbonyl (C=O) groups is 1. The van der Waals surface area contributed by atoms with Crippen LogP contribution in [0.25, 0.3) is 0 Å². The highest BCUT2D eigenvalue weighted by atomic mass is 16.7. The van der Waals surface area contributed by atoms with E-state index in [2.05, 4.69) is 6.92 Å². The molecular formula is C13H24O4. The Morgan fingerprint density at radius 2 is 1.88 bits per heavy atom. The largest absolute Gasteiger partial charge is 0.468 e. The molecule has 1 saturated heterocycles. The average molecular weight is 244 g/mol. The van der Waals surface area contributed by atoms with Crippen molar-refractivity contribution in [3.05, 3.63) is 0 Å². The fourth-order valence-electron chi connectivity index (χ4n) is 2.29. The maximum Gasteiger partial charge on any atom is 0.316 e. The molecule has 100 valence electrons. The van der Waals surface area contributed by atoms with E-state index in [1.54, 1.807) is 0 Å². The molecular weight excluding hydrogens is 220 g/mol. The first-order valence-corrected chi connectivity index (χ1v) is 6.36. The minimum atomic E-state index is -0.810. The standard InChI is InChI=1S/C13H24O4/c1-5-6-7-8-13(16-9-10-17-13)12(2,3)11(14)15-4/h5-10H2,1-4H3. The fourth-order valence-corrected chi connectivity index (χ4v) is 2.29. The zero-order valence-electron chi connectivity index (χ0n) is 11.4. The van der Waals surface area contributed by atoms with Crippen LogP contribution in [-0.2, 0) is 19.0 Å². The molecule has 0 saturated carbocycles. The van der Waals surface area contributed by atoms with Gasteiger partial charge in [-0.25, -0.2) is 0 Å². The molecule has 4 heteroatoms. The van der Waals surface area contributed by atoms with Gasteiger partial charge < -0.3 is 14.2 Å². The van der Waals surface area contributed by atoms with Crippen LogP contribution in [0.3, 0.4) is 0 Å². The van der Waals surface area contributed by atoms with Crippen molar-refractivity contribution in [3.63, 3.8) is 0 Å². The van der Waals surface area contributed by atoms with Crippen molar-refractivity contribution in [2.24, 2.45) is 5.41 Å². The van der Waals surface area contributed by atoms with E-state index in [-0.39, 0.29) is 5.97 Å². The number of methoxy groups -OCH3 is 1. The van der Waals surface area contributed by atoms with Crippen molar-refractivity contribution in [1.82, 2.24) is 0 Å². The molecule has 1 heterocycles. The van der Waals surface area contributed by atoms with E-state index in [1.165, 1.54) is 7.11 Å². The molecule has 0 amide bonds. The van der Waals surface area contributed by atoms with Gasteiger partial charge in [0.05, 0.1) is 20.3 Å². The first-order valence-electron chi connectivity index (χ1n) is 6.36. The van der Waals surface area contributed by atoms with Crippen molar-refractivity contribution >= 4 is 5.97 Å². The summed E-state index contributed by atoms with van der Waals surface area (Å²) in [5.74, 6) is -1.09. The van der Waals surface area contributed by atoms with Gasteiger partial charge in [-0.2, -0.15) is 0 Å². The van der Waals surface area contributed by atoms with E-state index in [1.807, 2.05) is 13.8 Å². The molecule has 17 heavy (non-hydrogen) atoms. The summed E-state index contributed by atoms with van der Waals surface area (Å²) in [6.07, 6.45) is 3.99. The van der Waals surface area contributed by atoms with Gasteiger partial charge in [-0.15, -0.1) is 0 Å². The summed E-state index contributed by atoms with van der Waals surface area (Å²) in [5, 5.41) is 0. The Kier molecular flexibility index (Phi) is 4.95. The van der Waals surface area contributed by atoms with Crippen molar-refractivity contribution in [3.8, 4) is 0 Å². The predicted molar refractivity (Wildman–Crippen MR) is 64.6 cm³/mol. The van der Waals surface area contributed by atoms with Crippen molar-refractivity contribution < 1.29 is 19.0 Å². The summed E-state index contributed by atoms with van der Waals surface area (Å²) in [7, 11) is 1.40. The molecule has 0 aromatic heterocycles. The van der Waals surface area contributed by atoms with Gasteiger partial charge in [0.2, 0.25) is 0 Å². The lowest BCUT2D eigenvalue weighted by Gasteiger charge is -2.39. The van der Waals surface area contributed by atoms with Crippen LogP contribution in [0.2, 0.25) is 0 Å². The number of unbranched alkanes of at least 4 members (excludes halogenated alkanes) is 2. The van der Waals surface area contributed by atoms with Gasteiger partial charge >= 0.3 is 5.97 Å². The molecule has 1 fully saturated rings. The Morgan fingerprint density at radius 3 is 2.35 bits per heavy atom.